The van der Waals surface area contributed by atoms with Crippen molar-refractivity contribution >= 4 is 17.9 Å². The number of hydrogen-bond donors (Lipinski definition) is 0. The SMILES string of the molecule is C=CC(=O)OCCCCCCOC(=O)C1CCC(COc2ccc(OCCCCCCOC(=O)C=C)cc2)CC1. The largest absolute Gasteiger partial charge is 0.494 e. The van der Waals surface area contributed by atoms with Crippen LogP contribution in [0.2, 0.25) is 0 Å². The summed E-state index contributed by atoms with van der Waals surface area (Å²) >= 11 is 0. The van der Waals surface area contributed by atoms with Crippen molar-refractivity contribution in [1.82, 2.24) is 0 Å². The zero-order valence-corrected chi connectivity index (χ0v) is 23.8. The van der Waals surface area contributed by atoms with Gasteiger partial charge in [0.25, 0.3) is 0 Å². The Bertz CT molecular complexity index is 887. The van der Waals surface area contributed by atoms with Gasteiger partial charge < -0.3 is 23.7 Å². The van der Waals surface area contributed by atoms with Gasteiger partial charge in [-0.2, -0.15) is 0 Å². The van der Waals surface area contributed by atoms with Crippen molar-refractivity contribution in [3.05, 3.63) is 49.6 Å². The van der Waals surface area contributed by atoms with Gasteiger partial charge in [-0.1, -0.05) is 13.2 Å². The van der Waals surface area contributed by atoms with Crippen molar-refractivity contribution < 1.29 is 38.1 Å². The molecule has 0 atom stereocenters. The van der Waals surface area contributed by atoms with Crippen molar-refractivity contribution in [2.75, 3.05) is 33.0 Å². The monoisotopic (exact) mass is 558 g/mol. The van der Waals surface area contributed by atoms with Crippen LogP contribution in [0.1, 0.15) is 77.0 Å². The first-order chi connectivity index (χ1) is 19.5. The first-order valence-electron chi connectivity index (χ1n) is 14.6. The lowest BCUT2D eigenvalue weighted by Crippen LogP contribution is -2.26. The van der Waals surface area contributed by atoms with Gasteiger partial charge in [0.1, 0.15) is 11.5 Å². The number of benzene rings is 1. The molecule has 40 heavy (non-hydrogen) atoms. The third-order valence-corrected chi connectivity index (χ3v) is 6.90. The second-order valence-corrected chi connectivity index (χ2v) is 10.1. The number of carbonyl (C=O) groups is 3. The molecular weight excluding hydrogens is 512 g/mol. The molecule has 1 aromatic rings. The summed E-state index contributed by atoms with van der Waals surface area (Å²) in [4.78, 5) is 34.3. The van der Waals surface area contributed by atoms with Gasteiger partial charge in [-0.25, -0.2) is 9.59 Å². The van der Waals surface area contributed by atoms with Crippen molar-refractivity contribution in [3.8, 4) is 11.5 Å². The summed E-state index contributed by atoms with van der Waals surface area (Å²) in [5, 5.41) is 0. The van der Waals surface area contributed by atoms with Gasteiger partial charge >= 0.3 is 17.9 Å². The number of unbranched alkanes of at least 4 members (excludes halogenated alkanes) is 6. The van der Waals surface area contributed by atoms with Crippen LogP contribution in [0.4, 0.5) is 0 Å². The summed E-state index contributed by atoms with van der Waals surface area (Å²) in [6.45, 7) is 9.31. The molecule has 222 valence electrons. The molecule has 1 aromatic carbocycles. The maximum absolute atomic E-state index is 12.4. The minimum Gasteiger partial charge on any atom is -0.494 e. The fourth-order valence-corrected chi connectivity index (χ4v) is 4.47. The second-order valence-electron chi connectivity index (χ2n) is 10.1. The van der Waals surface area contributed by atoms with Gasteiger partial charge in [0.15, 0.2) is 0 Å². The number of carbonyl (C=O) groups excluding carboxylic acids is 3. The van der Waals surface area contributed by atoms with Gasteiger partial charge in [0.2, 0.25) is 0 Å². The molecular formula is C32H46O8. The van der Waals surface area contributed by atoms with Crippen molar-refractivity contribution in [1.29, 1.82) is 0 Å². The van der Waals surface area contributed by atoms with Crippen LogP contribution in [0.3, 0.4) is 0 Å². The van der Waals surface area contributed by atoms with E-state index in [1.165, 1.54) is 6.08 Å². The average molecular weight is 559 g/mol. The molecule has 0 saturated heterocycles. The molecule has 0 spiro atoms. The van der Waals surface area contributed by atoms with E-state index in [0.29, 0.717) is 39.0 Å². The predicted octanol–water partition coefficient (Wildman–Crippen LogP) is 6.37. The standard InChI is InChI=1S/C32H46O8/c1-3-30(33)37-22-10-6-5-9-21-36-28-17-19-29(20-18-28)40-25-26-13-15-27(16-14-26)32(35)39-24-12-8-7-11-23-38-31(34)4-2/h3-4,17-20,26-27H,1-2,5-16,21-25H2. The highest BCUT2D eigenvalue weighted by atomic mass is 16.5. The van der Waals surface area contributed by atoms with E-state index in [1.54, 1.807) is 0 Å². The van der Waals surface area contributed by atoms with E-state index in [4.69, 9.17) is 23.7 Å². The lowest BCUT2D eigenvalue weighted by Gasteiger charge is -2.27. The highest BCUT2D eigenvalue weighted by Gasteiger charge is 2.27. The van der Waals surface area contributed by atoms with Gasteiger partial charge in [-0.3, -0.25) is 4.79 Å². The van der Waals surface area contributed by atoms with E-state index in [1.807, 2.05) is 24.3 Å². The van der Waals surface area contributed by atoms with Crippen LogP contribution in [-0.4, -0.2) is 50.9 Å². The maximum Gasteiger partial charge on any atom is 0.330 e. The fraction of sp³-hybridized carbons (Fsp3) is 0.594. The molecule has 0 aromatic heterocycles. The van der Waals surface area contributed by atoms with Crippen molar-refractivity contribution in [3.63, 3.8) is 0 Å². The van der Waals surface area contributed by atoms with E-state index < -0.39 is 5.97 Å². The van der Waals surface area contributed by atoms with Crippen LogP contribution < -0.4 is 9.47 Å². The highest BCUT2D eigenvalue weighted by molar-refractivity contribution is 5.81. The zero-order chi connectivity index (χ0) is 28.8. The first-order valence-corrected chi connectivity index (χ1v) is 14.6. The summed E-state index contributed by atoms with van der Waals surface area (Å²) in [5.74, 6) is 1.23. The molecule has 0 unspecified atom stereocenters. The fourth-order valence-electron chi connectivity index (χ4n) is 4.47. The normalized spacial score (nSPS) is 16.4. The molecule has 8 nitrogen and oxygen atoms in total. The quantitative estimate of drug-likeness (QED) is 0.0743. The lowest BCUT2D eigenvalue weighted by atomic mass is 9.82. The molecule has 0 amide bonds. The summed E-state index contributed by atoms with van der Waals surface area (Å²) in [7, 11) is 0. The Morgan fingerprint density at radius 2 is 1.07 bits per heavy atom. The highest BCUT2D eigenvalue weighted by Crippen LogP contribution is 2.30. The molecule has 8 heteroatoms. The van der Waals surface area contributed by atoms with Crippen LogP contribution in [-0.2, 0) is 28.6 Å². The zero-order valence-electron chi connectivity index (χ0n) is 23.8. The van der Waals surface area contributed by atoms with E-state index in [2.05, 4.69) is 13.2 Å². The average Bonchev–Trinajstić information content (AvgIpc) is 2.99. The minimum atomic E-state index is -0.391. The molecule has 1 aliphatic rings. The molecule has 0 N–H and O–H groups in total. The van der Waals surface area contributed by atoms with E-state index >= 15 is 0 Å². The van der Waals surface area contributed by atoms with Gasteiger partial charge in [0.05, 0.1) is 39.0 Å². The van der Waals surface area contributed by atoms with Crippen molar-refractivity contribution in [2.24, 2.45) is 11.8 Å². The smallest absolute Gasteiger partial charge is 0.330 e. The molecule has 1 saturated carbocycles. The molecule has 1 aliphatic carbocycles. The first kappa shape index (κ1) is 32.9. The van der Waals surface area contributed by atoms with E-state index in [0.717, 1.165) is 94.6 Å². The third-order valence-electron chi connectivity index (χ3n) is 6.90. The summed E-state index contributed by atoms with van der Waals surface area (Å²) in [6.07, 6.45) is 13.2. The second kappa shape index (κ2) is 20.6. The Morgan fingerprint density at radius 3 is 1.57 bits per heavy atom. The van der Waals surface area contributed by atoms with Crippen LogP contribution in [0, 0.1) is 11.8 Å². The Morgan fingerprint density at radius 1 is 0.625 bits per heavy atom. The lowest BCUT2D eigenvalue weighted by molar-refractivity contribution is -0.150. The topological polar surface area (TPSA) is 97.4 Å². The third kappa shape index (κ3) is 14.8. The number of hydrogen-bond acceptors (Lipinski definition) is 8. The Balaban J connectivity index is 1.47. The van der Waals surface area contributed by atoms with Gasteiger partial charge in [-0.15, -0.1) is 0 Å². The summed E-state index contributed by atoms with van der Waals surface area (Å²) in [5.41, 5.74) is 0. The number of rotatable bonds is 21. The Labute approximate surface area is 239 Å². The van der Waals surface area contributed by atoms with Gasteiger partial charge in [0, 0.05) is 12.2 Å². The van der Waals surface area contributed by atoms with Crippen LogP contribution in [0.25, 0.3) is 0 Å². The van der Waals surface area contributed by atoms with Crippen molar-refractivity contribution in [2.45, 2.75) is 77.0 Å². The molecule has 0 aliphatic heterocycles. The summed E-state index contributed by atoms with van der Waals surface area (Å²) < 4.78 is 27.2. The Kier molecular flexibility index (Phi) is 16.9. The van der Waals surface area contributed by atoms with Gasteiger partial charge in [-0.05, 0) is 107 Å². The number of ether oxygens (including phenoxy) is 5. The van der Waals surface area contributed by atoms with E-state index in [-0.39, 0.29) is 17.9 Å². The van der Waals surface area contributed by atoms with Crippen LogP contribution >= 0.6 is 0 Å². The van der Waals surface area contributed by atoms with E-state index in [9.17, 15) is 14.4 Å². The Hall–Kier alpha value is -3.29. The molecule has 0 heterocycles. The molecule has 2 rings (SSSR count). The predicted molar refractivity (Wildman–Crippen MR) is 153 cm³/mol. The van der Waals surface area contributed by atoms with Crippen LogP contribution in [0.5, 0.6) is 11.5 Å². The number of esters is 3. The minimum absolute atomic E-state index is 0.0132. The van der Waals surface area contributed by atoms with Crippen LogP contribution in [0.15, 0.2) is 49.6 Å². The molecule has 0 bridgehead atoms. The molecule has 0 radical (unpaired) electrons. The molecule has 1 fully saturated rings. The summed E-state index contributed by atoms with van der Waals surface area (Å²) in [6, 6.07) is 7.71. The maximum atomic E-state index is 12.4.